The third kappa shape index (κ3) is 2.56. The Labute approximate surface area is 86.3 Å². The van der Waals surface area contributed by atoms with Crippen LogP contribution < -0.4 is 11.5 Å². The standard InChI is InChI=1S/C12H20N2/c1-9(7-13)11-4-3-5-12(6-11)10(2)8-14/h3-6,9-10H,7-8,13-14H2,1-2H3. The van der Waals surface area contributed by atoms with Gasteiger partial charge in [-0.1, -0.05) is 38.1 Å². The van der Waals surface area contributed by atoms with Crippen LogP contribution >= 0.6 is 0 Å². The smallest absolute Gasteiger partial charge is 0.00109 e. The summed E-state index contributed by atoms with van der Waals surface area (Å²) in [6, 6.07) is 8.56. The molecule has 0 bridgehead atoms. The molecule has 0 aliphatic heterocycles. The van der Waals surface area contributed by atoms with E-state index in [-0.39, 0.29) is 0 Å². The summed E-state index contributed by atoms with van der Waals surface area (Å²) in [6.45, 7) is 5.68. The normalized spacial score (nSPS) is 15.1. The fourth-order valence-corrected chi connectivity index (χ4v) is 1.44. The van der Waals surface area contributed by atoms with Gasteiger partial charge in [0, 0.05) is 0 Å². The van der Waals surface area contributed by atoms with E-state index in [2.05, 4.69) is 38.1 Å². The maximum absolute atomic E-state index is 5.64. The van der Waals surface area contributed by atoms with Crippen LogP contribution in [0.3, 0.4) is 0 Å². The molecule has 2 unspecified atom stereocenters. The molecule has 2 heteroatoms. The fourth-order valence-electron chi connectivity index (χ4n) is 1.44. The van der Waals surface area contributed by atoms with Crippen molar-refractivity contribution in [2.24, 2.45) is 11.5 Å². The summed E-state index contributed by atoms with van der Waals surface area (Å²) < 4.78 is 0. The van der Waals surface area contributed by atoms with Crippen molar-refractivity contribution in [1.82, 2.24) is 0 Å². The molecule has 0 heterocycles. The molecule has 78 valence electrons. The summed E-state index contributed by atoms with van der Waals surface area (Å²) in [4.78, 5) is 0. The van der Waals surface area contributed by atoms with Gasteiger partial charge in [0.25, 0.3) is 0 Å². The van der Waals surface area contributed by atoms with E-state index in [9.17, 15) is 0 Å². The van der Waals surface area contributed by atoms with E-state index < -0.39 is 0 Å². The predicted octanol–water partition coefficient (Wildman–Crippen LogP) is 1.81. The van der Waals surface area contributed by atoms with Crippen LogP contribution in [0.4, 0.5) is 0 Å². The molecule has 1 aromatic rings. The lowest BCUT2D eigenvalue weighted by Crippen LogP contribution is -2.11. The van der Waals surface area contributed by atoms with Gasteiger partial charge >= 0.3 is 0 Å². The lowest BCUT2D eigenvalue weighted by molar-refractivity contribution is 0.750. The van der Waals surface area contributed by atoms with Crippen LogP contribution in [-0.2, 0) is 0 Å². The SMILES string of the molecule is CC(CN)c1cccc(C(C)CN)c1. The molecule has 0 aliphatic rings. The van der Waals surface area contributed by atoms with Gasteiger partial charge in [-0.3, -0.25) is 0 Å². The third-order valence-electron chi connectivity index (χ3n) is 2.76. The van der Waals surface area contributed by atoms with E-state index in [4.69, 9.17) is 11.5 Å². The Bertz CT molecular complexity index is 258. The Kier molecular flexibility index (Phi) is 4.11. The maximum atomic E-state index is 5.64. The van der Waals surface area contributed by atoms with Crippen LogP contribution in [0, 0.1) is 0 Å². The van der Waals surface area contributed by atoms with Gasteiger partial charge in [0.15, 0.2) is 0 Å². The van der Waals surface area contributed by atoms with Crippen molar-refractivity contribution in [1.29, 1.82) is 0 Å². The molecule has 2 atom stereocenters. The van der Waals surface area contributed by atoms with Gasteiger partial charge in [0.05, 0.1) is 0 Å². The van der Waals surface area contributed by atoms with Gasteiger partial charge in [-0.2, -0.15) is 0 Å². The lowest BCUT2D eigenvalue weighted by Gasteiger charge is -2.13. The molecule has 0 fully saturated rings. The second kappa shape index (κ2) is 5.13. The molecule has 0 amide bonds. The zero-order valence-electron chi connectivity index (χ0n) is 9.03. The monoisotopic (exact) mass is 192 g/mol. The number of benzene rings is 1. The molecule has 2 nitrogen and oxygen atoms in total. The van der Waals surface area contributed by atoms with Crippen LogP contribution in [0.15, 0.2) is 24.3 Å². The molecular formula is C12H20N2. The van der Waals surface area contributed by atoms with Crippen molar-refractivity contribution < 1.29 is 0 Å². The van der Waals surface area contributed by atoms with Crippen molar-refractivity contribution >= 4 is 0 Å². The predicted molar refractivity (Wildman–Crippen MR) is 61.4 cm³/mol. The number of rotatable bonds is 4. The van der Waals surface area contributed by atoms with E-state index in [1.807, 2.05) is 0 Å². The van der Waals surface area contributed by atoms with Gasteiger partial charge < -0.3 is 11.5 Å². The summed E-state index contributed by atoms with van der Waals surface area (Å²) >= 11 is 0. The highest BCUT2D eigenvalue weighted by molar-refractivity contribution is 5.28. The second-order valence-corrected chi connectivity index (χ2v) is 3.94. The Morgan fingerprint density at radius 2 is 1.43 bits per heavy atom. The summed E-state index contributed by atoms with van der Waals surface area (Å²) in [7, 11) is 0. The molecule has 0 radical (unpaired) electrons. The van der Waals surface area contributed by atoms with Crippen molar-refractivity contribution in [2.45, 2.75) is 25.7 Å². The highest BCUT2D eigenvalue weighted by Crippen LogP contribution is 2.20. The molecule has 0 spiro atoms. The third-order valence-corrected chi connectivity index (χ3v) is 2.76. The van der Waals surface area contributed by atoms with Gasteiger partial charge in [-0.05, 0) is 36.1 Å². The van der Waals surface area contributed by atoms with Crippen LogP contribution in [0.25, 0.3) is 0 Å². The summed E-state index contributed by atoms with van der Waals surface area (Å²) in [6.07, 6.45) is 0. The van der Waals surface area contributed by atoms with Crippen molar-refractivity contribution in [2.75, 3.05) is 13.1 Å². The molecule has 4 N–H and O–H groups in total. The molecule has 1 aromatic carbocycles. The Hall–Kier alpha value is -0.860. The molecule has 0 aromatic heterocycles. The Morgan fingerprint density at radius 1 is 1.00 bits per heavy atom. The quantitative estimate of drug-likeness (QED) is 0.764. The number of hydrogen-bond acceptors (Lipinski definition) is 2. The van der Waals surface area contributed by atoms with Gasteiger partial charge in [-0.25, -0.2) is 0 Å². The van der Waals surface area contributed by atoms with Crippen molar-refractivity contribution in [3.05, 3.63) is 35.4 Å². The number of hydrogen-bond donors (Lipinski definition) is 2. The highest BCUT2D eigenvalue weighted by Gasteiger charge is 2.07. The minimum absolute atomic E-state index is 0.430. The first-order valence-electron chi connectivity index (χ1n) is 5.19. The summed E-state index contributed by atoms with van der Waals surface area (Å²) in [5, 5.41) is 0. The van der Waals surface area contributed by atoms with Gasteiger partial charge in [-0.15, -0.1) is 0 Å². The van der Waals surface area contributed by atoms with Crippen molar-refractivity contribution in [3.8, 4) is 0 Å². The number of nitrogens with two attached hydrogens (primary N) is 2. The Balaban J connectivity index is 2.89. The molecule has 0 aliphatic carbocycles. The van der Waals surface area contributed by atoms with E-state index in [0.29, 0.717) is 24.9 Å². The van der Waals surface area contributed by atoms with Gasteiger partial charge in [0.1, 0.15) is 0 Å². The molecule has 14 heavy (non-hydrogen) atoms. The Morgan fingerprint density at radius 3 is 1.79 bits per heavy atom. The minimum Gasteiger partial charge on any atom is -0.330 e. The van der Waals surface area contributed by atoms with Crippen LogP contribution in [0.1, 0.15) is 36.8 Å². The minimum atomic E-state index is 0.430. The average Bonchev–Trinajstić information content (AvgIpc) is 2.27. The van der Waals surface area contributed by atoms with Gasteiger partial charge in [0.2, 0.25) is 0 Å². The highest BCUT2D eigenvalue weighted by atomic mass is 14.5. The molecule has 0 saturated heterocycles. The summed E-state index contributed by atoms with van der Waals surface area (Å²) in [5.41, 5.74) is 13.9. The van der Waals surface area contributed by atoms with Crippen LogP contribution in [0.5, 0.6) is 0 Å². The van der Waals surface area contributed by atoms with Crippen molar-refractivity contribution in [3.63, 3.8) is 0 Å². The fraction of sp³-hybridized carbons (Fsp3) is 0.500. The maximum Gasteiger partial charge on any atom is -0.00109 e. The first kappa shape index (κ1) is 11.2. The zero-order chi connectivity index (χ0) is 10.6. The second-order valence-electron chi connectivity index (χ2n) is 3.94. The van der Waals surface area contributed by atoms with Crippen LogP contribution in [0.2, 0.25) is 0 Å². The first-order chi connectivity index (χ1) is 6.69. The lowest BCUT2D eigenvalue weighted by atomic mass is 9.94. The van der Waals surface area contributed by atoms with E-state index >= 15 is 0 Å². The molecule has 0 saturated carbocycles. The topological polar surface area (TPSA) is 52.0 Å². The average molecular weight is 192 g/mol. The van der Waals surface area contributed by atoms with E-state index in [0.717, 1.165) is 0 Å². The van der Waals surface area contributed by atoms with E-state index in [1.165, 1.54) is 11.1 Å². The molecule has 1 rings (SSSR count). The van der Waals surface area contributed by atoms with Crippen LogP contribution in [-0.4, -0.2) is 13.1 Å². The zero-order valence-corrected chi connectivity index (χ0v) is 9.03. The first-order valence-corrected chi connectivity index (χ1v) is 5.19. The molecular weight excluding hydrogens is 172 g/mol. The summed E-state index contributed by atoms with van der Waals surface area (Å²) in [5.74, 6) is 0.861. The van der Waals surface area contributed by atoms with E-state index in [1.54, 1.807) is 0 Å². The largest absolute Gasteiger partial charge is 0.330 e.